The van der Waals surface area contributed by atoms with E-state index in [-0.39, 0.29) is 0 Å². The molecule has 0 saturated carbocycles. The predicted octanol–water partition coefficient (Wildman–Crippen LogP) is 2.10. The van der Waals surface area contributed by atoms with Crippen molar-refractivity contribution in [1.82, 2.24) is 4.31 Å². The zero-order chi connectivity index (χ0) is 13.2. The maximum Gasteiger partial charge on any atom is 0.252 e. The Labute approximate surface area is 113 Å². The summed E-state index contributed by atoms with van der Waals surface area (Å²) in [6.45, 7) is 3.86. The molecule has 1 fully saturated rings. The summed E-state index contributed by atoms with van der Waals surface area (Å²) in [5, 5.41) is 0. The zero-order valence-electron chi connectivity index (χ0n) is 10.8. The Bertz CT molecular complexity index is 487. The summed E-state index contributed by atoms with van der Waals surface area (Å²) in [7, 11) is -1.58. The van der Waals surface area contributed by atoms with Crippen LogP contribution in [-0.4, -0.2) is 39.5 Å². The van der Waals surface area contributed by atoms with Crippen LogP contribution < -0.4 is 0 Å². The standard InChI is InChI=1S/C12H19NO3S2/c1-10-3-4-12(17-10)18(14,15)13-7-5-11(6-8-13)9-16-2/h3-4,11H,5-9H2,1-2H3. The van der Waals surface area contributed by atoms with Crippen LogP contribution >= 0.6 is 11.3 Å². The fraction of sp³-hybridized carbons (Fsp3) is 0.667. The lowest BCUT2D eigenvalue weighted by Gasteiger charge is -2.30. The molecule has 1 aliphatic rings. The van der Waals surface area contributed by atoms with E-state index in [1.807, 2.05) is 13.0 Å². The lowest BCUT2D eigenvalue weighted by Crippen LogP contribution is -2.39. The van der Waals surface area contributed by atoms with Crippen LogP contribution in [0.1, 0.15) is 17.7 Å². The monoisotopic (exact) mass is 289 g/mol. The number of nitrogens with zero attached hydrogens (tertiary/aromatic N) is 1. The highest BCUT2D eigenvalue weighted by Gasteiger charge is 2.30. The van der Waals surface area contributed by atoms with Gasteiger partial charge in [0.15, 0.2) is 0 Å². The lowest BCUT2D eigenvalue weighted by molar-refractivity contribution is 0.121. The third-order valence-corrected chi connectivity index (χ3v) is 6.65. The van der Waals surface area contributed by atoms with Crippen LogP contribution in [0, 0.1) is 12.8 Å². The smallest absolute Gasteiger partial charge is 0.252 e. The Morgan fingerprint density at radius 3 is 2.56 bits per heavy atom. The quantitative estimate of drug-likeness (QED) is 0.853. The molecule has 1 aromatic rings. The van der Waals surface area contributed by atoms with Gasteiger partial charge in [0, 0.05) is 31.7 Å². The summed E-state index contributed by atoms with van der Waals surface area (Å²) in [6, 6.07) is 3.56. The summed E-state index contributed by atoms with van der Waals surface area (Å²) in [4.78, 5) is 1.03. The first-order chi connectivity index (χ1) is 8.54. The van der Waals surface area contributed by atoms with Crippen molar-refractivity contribution in [3.63, 3.8) is 0 Å². The minimum atomic E-state index is -3.27. The van der Waals surface area contributed by atoms with Crippen LogP contribution in [0.15, 0.2) is 16.3 Å². The molecule has 6 heteroatoms. The van der Waals surface area contributed by atoms with Crippen molar-refractivity contribution in [2.24, 2.45) is 5.92 Å². The molecule has 0 N–H and O–H groups in total. The maximum absolute atomic E-state index is 12.4. The Kier molecular flexibility index (Phi) is 4.42. The second-order valence-corrected chi connectivity index (χ2v) is 8.12. The Morgan fingerprint density at radius 1 is 1.39 bits per heavy atom. The number of hydrogen-bond donors (Lipinski definition) is 0. The largest absolute Gasteiger partial charge is 0.384 e. The van der Waals surface area contributed by atoms with Crippen molar-refractivity contribution in [2.45, 2.75) is 24.0 Å². The van der Waals surface area contributed by atoms with Crippen LogP contribution in [0.5, 0.6) is 0 Å². The number of sulfonamides is 1. The molecular formula is C12H19NO3S2. The van der Waals surface area contributed by atoms with Crippen molar-refractivity contribution in [2.75, 3.05) is 26.8 Å². The van der Waals surface area contributed by atoms with Gasteiger partial charge in [-0.3, -0.25) is 0 Å². The highest BCUT2D eigenvalue weighted by Crippen LogP contribution is 2.28. The molecule has 0 radical (unpaired) electrons. The molecule has 0 aliphatic carbocycles. The van der Waals surface area contributed by atoms with Gasteiger partial charge in [0.1, 0.15) is 4.21 Å². The van der Waals surface area contributed by atoms with E-state index in [4.69, 9.17) is 4.74 Å². The van der Waals surface area contributed by atoms with Crippen LogP contribution in [-0.2, 0) is 14.8 Å². The van der Waals surface area contributed by atoms with Gasteiger partial charge in [-0.05, 0) is 37.8 Å². The average molecular weight is 289 g/mol. The fourth-order valence-corrected chi connectivity index (χ4v) is 5.14. The van der Waals surface area contributed by atoms with Crippen molar-refractivity contribution in [3.8, 4) is 0 Å². The van der Waals surface area contributed by atoms with Gasteiger partial charge in [-0.25, -0.2) is 8.42 Å². The first-order valence-electron chi connectivity index (χ1n) is 6.09. The fourth-order valence-electron chi connectivity index (χ4n) is 2.23. The molecule has 0 bridgehead atoms. The molecule has 2 rings (SSSR count). The first-order valence-corrected chi connectivity index (χ1v) is 8.35. The van der Waals surface area contributed by atoms with Gasteiger partial charge in [0.2, 0.25) is 0 Å². The summed E-state index contributed by atoms with van der Waals surface area (Å²) in [6.07, 6.45) is 1.77. The van der Waals surface area contributed by atoms with Crippen LogP contribution in [0.2, 0.25) is 0 Å². The summed E-state index contributed by atoms with van der Waals surface area (Å²) < 4.78 is 31.9. The molecule has 0 spiro atoms. The van der Waals surface area contributed by atoms with Gasteiger partial charge in [-0.1, -0.05) is 0 Å². The Hall–Kier alpha value is -0.430. The van der Waals surface area contributed by atoms with Crippen molar-refractivity contribution in [3.05, 3.63) is 17.0 Å². The van der Waals surface area contributed by atoms with Gasteiger partial charge in [0.05, 0.1) is 0 Å². The summed E-state index contributed by atoms with van der Waals surface area (Å²) in [5.41, 5.74) is 0. The highest BCUT2D eigenvalue weighted by molar-refractivity contribution is 7.91. The summed E-state index contributed by atoms with van der Waals surface area (Å²) >= 11 is 1.35. The van der Waals surface area contributed by atoms with E-state index >= 15 is 0 Å². The number of rotatable bonds is 4. The molecule has 1 aromatic heterocycles. The predicted molar refractivity (Wildman–Crippen MR) is 72.4 cm³/mol. The van der Waals surface area contributed by atoms with Crippen LogP contribution in [0.4, 0.5) is 0 Å². The van der Waals surface area contributed by atoms with Gasteiger partial charge in [-0.2, -0.15) is 4.31 Å². The van der Waals surface area contributed by atoms with E-state index in [1.54, 1.807) is 17.5 Å². The molecular weight excluding hydrogens is 270 g/mol. The maximum atomic E-state index is 12.4. The van der Waals surface area contributed by atoms with Crippen molar-refractivity contribution >= 4 is 21.4 Å². The number of ether oxygens (including phenoxy) is 1. The number of methoxy groups -OCH3 is 1. The molecule has 18 heavy (non-hydrogen) atoms. The SMILES string of the molecule is COCC1CCN(S(=O)(=O)c2ccc(C)s2)CC1. The zero-order valence-corrected chi connectivity index (χ0v) is 12.4. The third kappa shape index (κ3) is 2.93. The molecule has 0 aromatic carbocycles. The van der Waals surface area contributed by atoms with Gasteiger partial charge < -0.3 is 4.74 Å². The second-order valence-electron chi connectivity index (χ2n) is 4.67. The van der Waals surface area contributed by atoms with E-state index in [0.717, 1.165) is 24.3 Å². The third-order valence-electron chi connectivity index (χ3n) is 3.29. The average Bonchev–Trinajstić information content (AvgIpc) is 2.78. The number of aryl methyl sites for hydroxylation is 1. The molecule has 102 valence electrons. The van der Waals surface area contributed by atoms with E-state index in [1.165, 1.54) is 11.3 Å². The van der Waals surface area contributed by atoms with Gasteiger partial charge >= 0.3 is 0 Å². The molecule has 0 amide bonds. The van der Waals surface area contributed by atoms with Crippen molar-refractivity contribution < 1.29 is 13.2 Å². The Balaban J connectivity index is 2.05. The van der Waals surface area contributed by atoms with E-state index in [2.05, 4.69) is 0 Å². The summed E-state index contributed by atoms with van der Waals surface area (Å²) in [5.74, 6) is 0.492. The normalized spacial score (nSPS) is 19.2. The molecule has 2 heterocycles. The molecule has 0 atom stereocenters. The van der Waals surface area contributed by atoms with Crippen LogP contribution in [0.25, 0.3) is 0 Å². The van der Waals surface area contributed by atoms with E-state index < -0.39 is 10.0 Å². The van der Waals surface area contributed by atoms with Crippen molar-refractivity contribution in [1.29, 1.82) is 0 Å². The molecule has 4 nitrogen and oxygen atoms in total. The molecule has 1 saturated heterocycles. The number of thiophene rings is 1. The topological polar surface area (TPSA) is 46.6 Å². The van der Waals surface area contributed by atoms with Crippen LogP contribution in [0.3, 0.4) is 0 Å². The molecule has 1 aliphatic heterocycles. The Morgan fingerprint density at radius 2 is 2.06 bits per heavy atom. The highest BCUT2D eigenvalue weighted by atomic mass is 32.2. The number of piperidine rings is 1. The lowest BCUT2D eigenvalue weighted by atomic mass is 9.99. The minimum absolute atomic E-state index is 0.463. The van der Waals surface area contributed by atoms with E-state index in [9.17, 15) is 8.42 Å². The minimum Gasteiger partial charge on any atom is -0.384 e. The molecule has 0 unspecified atom stereocenters. The first kappa shape index (κ1) is 14.0. The van der Waals surface area contributed by atoms with Gasteiger partial charge in [0.25, 0.3) is 10.0 Å². The van der Waals surface area contributed by atoms with E-state index in [0.29, 0.717) is 23.2 Å². The van der Waals surface area contributed by atoms with Gasteiger partial charge in [-0.15, -0.1) is 11.3 Å². The second kappa shape index (κ2) is 5.69. The number of hydrogen-bond acceptors (Lipinski definition) is 4.